The zero-order valence-corrected chi connectivity index (χ0v) is 8.71. The average molecular weight is 188 g/mol. The van der Waals surface area contributed by atoms with Gasteiger partial charge in [-0.3, -0.25) is 4.79 Å². The van der Waals surface area contributed by atoms with E-state index in [1.165, 1.54) is 4.90 Å². The molecule has 0 aromatic carbocycles. The molecule has 0 heterocycles. The fourth-order valence-electron chi connectivity index (χ4n) is 1.11. The van der Waals surface area contributed by atoms with Crippen LogP contribution in [0.1, 0.15) is 26.7 Å². The van der Waals surface area contributed by atoms with Crippen molar-refractivity contribution in [3.8, 4) is 0 Å². The highest BCUT2D eigenvalue weighted by Crippen LogP contribution is 2.04. The quantitative estimate of drug-likeness (QED) is 0.636. The first-order valence-electron chi connectivity index (χ1n) is 4.53. The Hall–Kier alpha value is -0.610. The third-order valence-corrected chi connectivity index (χ3v) is 1.64. The molecule has 0 radical (unpaired) electrons. The first-order valence-corrected chi connectivity index (χ1v) is 4.53. The minimum absolute atomic E-state index is 0.0348. The van der Waals surface area contributed by atoms with E-state index in [4.69, 9.17) is 5.73 Å². The normalized spacial score (nSPS) is 11.5. The average Bonchev–Trinajstić information content (AvgIpc) is 1.96. The van der Waals surface area contributed by atoms with Crippen molar-refractivity contribution in [3.63, 3.8) is 0 Å². The molecule has 13 heavy (non-hydrogen) atoms. The van der Waals surface area contributed by atoms with Crippen molar-refractivity contribution in [2.75, 3.05) is 20.1 Å². The van der Waals surface area contributed by atoms with E-state index in [0.717, 1.165) is 0 Å². The lowest BCUT2D eigenvalue weighted by Crippen LogP contribution is -2.39. The number of carbonyl (C=O) groups excluding carboxylic acids is 1. The van der Waals surface area contributed by atoms with Crippen LogP contribution in [0.5, 0.6) is 0 Å². The van der Waals surface area contributed by atoms with Gasteiger partial charge in [0.05, 0.1) is 5.60 Å². The molecule has 0 spiro atoms. The van der Waals surface area contributed by atoms with Gasteiger partial charge in [0.25, 0.3) is 0 Å². The second-order valence-corrected chi connectivity index (χ2v) is 3.95. The van der Waals surface area contributed by atoms with Gasteiger partial charge in [0, 0.05) is 20.0 Å². The van der Waals surface area contributed by atoms with Gasteiger partial charge in [0.1, 0.15) is 0 Å². The lowest BCUT2D eigenvalue weighted by molar-refractivity contribution is -0.132. The summed E-state index contributed by atoms with van der Waals surface area (Å²) in [6.07, 6.45) is 1.16. The molecule has 0 aliphatic rings. The maximum Gasteiger partial charge on any atom is 0.222 e. The fraction of sp³-hybridized carbons (Fsp3) is 0.889. The molecule has 0 atom stereocenters. The van der Waals surface area contributed by atoms with Gasteiger partial charge in [-0.1, -0.05) is 0 Å². The number of carbonyl (C=O) groups is 1. The maximum absolute atomic E-state index is 11.3. The van der Waals surface area contributed by atoms with Crippen molar-refractivity contribution in [3.05, 3.63) is 0 Å². The van der Waals surface area contributed by atoms with Gasteiger partial charge in [-0.25, -0.2) is 0 Å². The molecule has 0 aliphatic heterocycles. The van der Waals surface area contributed by atoms with Crippen molar-refractivity contribution in [2.24, 2.45) is 5.73 Å². The van der Waals surface area contributed by atoms with E-state index in [1.807, 2.05) is 0 Å². The van der Waals surface area contributed by atoms with Gasteiger partial charge in [-0.2, -0.15) is 0 Å². The van der Waals surface area contributed by atoms with Gasteiger partial charge < -0.3 is 15.7 Å². The summed E-state index contributed by atoms with van der Waals surface area (Å²) in [4.78, 5) is 12.9. The largest absolute Gasteiger partial charge is 0.389 e. The molecule has 0 aromatic rings. The van der Waals surface area contributed by atoms with Gasteiger partial charge in [0.15, 0.2) is 0 Å². The van der Waals surface area contributed by atoms with E-state index in [9.17, 15) is 9.90 Å². The van der Waals surface area contributed by atoms with Crippen molar-refractivity contribution in [1.82, 2.24) is 4.90 Å². The minimum Gasteiger partial charge on any atom is -0.389 e. The van der Waals surface area contributed by atoms with Gasteiger partial charge in [0.2, 0.25) is 5.91 Å². The van der Waals surface area contributed by atoms with E-state index in [0.29, 0.717) is 25.9 Å². The Morgan fingerprint density at radius 2 is 2.08 bits per heavy atom. The van der Waals surface area contributed by atoms with Crippen molar-refractivity contribution in [1.29, 1.82) is 0 Å². The van der Waals surface area contributed by atoms with Crippen LogP contribution in [0.25, 0.3) is 0 Å². The van der Waals surface area contributed by atoms with E-state index in [-0.39, 0.29) is 5.91 Å². The summed E-state index contributed by atoms with van der Waals surface area (Å²) in [6, 6.07) is 0. The lowest BCUT2D eigenvalue weighted by atomic mass is 10.1. The van der Waals surface area contributed by atoms with Crippen molar-refractivity contribution >= 4 is 5.91 Å². The maximum atomic E-state index is 11.3. The summed E-state index contributed by atoms with van der Waals surface area (Å²) in [5.41, 5.74) is 4.46. The zero-order valence-electron chi connectivity index (χ0n) is 8.71. The number of nitrogens with zero attached hydrogens (tertiary/aromatic N) is 1. The van der Waals surface area contributed by atoms with Crippen LogP contribution in [-0.4, -0.2) is 41.7 Å². The van der Waals surface area contributed by atoms with E-state index < -0.39 is 5.60 Å². The van der Waals surface area contributed by atoms with E-state index >= 15 is 0 Å². The second-order valence-electron chi connectivity index (χ2n) is 3.95. The molecule has 0 aliphatic carbocycles. The molecule has 0 fully saturated rings. The summed E-state index contributed by atoms with van der Waals surface area (Å²) in [7, 11) is 1.69. The van der Waals surface area contributed by atoms with Gasteiger partial charge >= 0.3 is 0 Å². The Balaban J connectivity index is 3.83. The molecule has 0 saturated heterocycles. The van der Waals surface area contributed by atoms with Crippen LogP contribution >= 0.6 is 0 Å². The molecule has 3 N–H and O–H groups in total. The second kappa shape index (κ2) is 5.19. The Morgan fingerprint density at radius 3 is 2.46 bits per heavy atom. The molecule has 0 aromatic heterocycles. The van der Waals surface area contributed by atoms with Gasteiger partial charge in [-0.15, -0.1) is 0 Å². The van der Waals surface area contributed by atoms with Gasteiger partial charge in [-0.05, 0) is 26.8 Å². The molecule has 1 amide bonds. The Morgan fingerprint density at radius 1 is 1.54 bits per heavy atom. The SMILES string of the molecule is CN(CC(C)(C)O)C(=O)CCCN. The number of amides is 1. The van der Waals surface area contributed by atoms with Crippen LogP contribution in [0.3, 0.4) is 0 Å². The van der Waals surface area contributed by atoms with Crippen LogP contribution in [-0.2, 0) is 4.79 Å². The molecular formula is C9H20N2O2. The minimum atomic E-state index is -0.826. The van der Waals surface area contributed by atoms with Crippen LogP contribution in [0.2, 0.25) is 0 Å². The summed E-state index contributed by atoms with van der Waals surface area (Å²) in [6.45, 7) is 4.25. The molecule has 0 saturated carbocycles. The number of rotatable bonds is 5. The number of aliphatic hydroxyl groups is 1. The van der Waals surface area contributed by atoms with E-state index in [2.05, 4.69) is 0 Å². The molecular weight excluding hydrogens is 168 g/mol. The van der Waals surface area contributed by atoms with Crippen LogP contribution in [0.15, 0.2) is 0 Å². The monoisotopic (exact) mass is 188 g/mol. The summed E-state index contributed by atoms with van der Waals surface area (Å²) < 4.78 is 0. The fourth-order valence-corrected chi connectivity index (χ4v) is 1.11. The topological polar surface area (TPSA) is 66.6 Å². The van der Waals surface area contributed by atoms with Crippen molar-refractivity contribution in [2.45, 2.75) is 32.3 Å². The standard InChI is InChI=1S/C9H20N2O2/c1-9(2,13)7-11(3)8(12)5-4-6-10/h13H,4-7,10H2,1-3H3. The predicted octanol–water partition coefficient (Wildman–Crippen LogP) is -0.0454. The number of likely N-dealkylation sites (N-methyl/N-ethyl adjacent to an activating group) is 1. The Bertz CT molecular complexity index is 163. The predicted molar refractivity (Wildman–Crippen MR) is 52.2 cm³/mol. The molecule has 4 heteroatoms. The Kier molecular flexibility index (Phi) is 4.95. The molecule has 0 bridgehead atoms. The highest BCUT2D eigenvalue weighted by Gasteiger charge is 2.18. The zero-order chi connectivity index (χ0) is 10.5. The van der Waals surface area contributed by atoms with Crippen LogP contribution < -0.4 is 5.73 Å². The lowest BCUT2D eigenvalue weighted by Gasteiger charge is -2.25. The summed E-state index contributed by atoms with van der Waals surface area (Å²) >= 11 is 0. The van der Waals surface area contributed by atoms with Crippen molar-refractivity contribution < 1.29 is 9.90 Å². The number of hydrogen-bond donors (Lipinski definition) is 2. The Labute approximate surface area is 79.7 Å². The summed E-state index contributed by atoms with van der Waals surface area (Å²) in [5, 5.41) is 9.44. The number of hydrogen-bond acceptors (Lipinski definition) is 3. The van der Waals surface area contributed by atoms with Crippen LogP contribution in [0.4, 0.5) is 0 Å². The third-order valence-electron chi connectivity index (χ3n) is 1.64. The summed E-state index contributed by atoms with van der Waals surface area (Å²) in [5.74, 6) is 0.0348. The first-order chi connectivity index (χ1) is 5.87. The molecule has 0 rings (SSSR count). The van der Waals surface area contributed by atoms with E-state index in [1.54, 1.807) is 20.9 Å². The molecule has 4 nitrogen and oxygen atoms in total. The smallest absolute Gasteiger partial charge is 0.222 e. The first kappa shape index (κ1) is 12.4. The highest BCUT2D eigenvalue weighted by atomic mass is 16.3. The number of nitrogens with two attached hydrogens (primary N) is 1. The highest BCUT2D eigenvalue weighted by molar-refractivity contribution is 5.75. The third kappa shape index (κ3) is 6.54. The molecule has 0 unspecified atom stereocenters. The van der Waals surface area contributed by atoms with Crippen LogP contribution in [0, 0.1) is 0 Å². The molecule has 78 valence electrons.